The lowest BCUT2D eigenvalue weighted by atomic mass is 10.1. The van der Waals surface area contributed by atoms with Crippen molar-refractivity contribution in [2.24, 2.45) is 5.84 Å². The van der Waals surface area contributed by atoms with Crippen LogP contribution in [0.25, 0.3) is 0 Å². The average Bonchev–Trinajstić information content (AvgIpc) is 2.44. The SMILES string of the molecule is Cc1cc([N+](=O)[O-])c(C)cc1Oc1nc(NN)ncc1C. The third-order valence-corrected chi connectivity index (χ3v) is 2.95. The van der Waals surface area contributed by atoms with E-state index >= 15 is 0 Å². The first-order chi connectivity index (χ1) is 9.92. The number of aryl methyl sites for hydroxylation is 3. The normalized spacial score (nSPS) is 10.3. The molecule has 0 fully saturated rings. The van der Waals surface area contributed by atoms with Crippen LogP contribution in [0.1, 0.15) is 16.7 Å². The lowest BCUT2D eigenvalue weighted by molar-refractivity contribution is -0.385. The Bertz CT molecular complexity index is 702. The first kappa shape index (κ1) is 14.7. The number of benzene rings is 1. The van der Waals surface area contributed by atoms with E-state index in [0.717, 1.165) is 5.56 Å². The highest BCUT2D eigenvalue weighted by Gasteiger charge is 2.15. The van der Waals surface area contributed by atoms with Crippen molar-refractivity contribution in [1.82, 2.24) is 9.97 Å². The summed E-state index contributed by atoms with van der Waals surface area (Å²) in [5.74, 6) is 6.34. The summed E-state index contributed by atoms with van der Waals surface area (Å²) in [6.07, 6.45) is 1.57. The zero-order valence-corrected chi connectivity index (χ0v) is 11.9. The van der Waals surface area contributed by atoms with E-state index in [-0.39, 0.29) is 11.6 Å². The Hall–Kier alpha value is -2.74. The fourth-order valence-corrected chi connectivity index (χ4v) is 1.78. The third kappa shape index (κ3) is 3.06. The second-order valence-corrected chi connectivity index (χ2v) is 4.59. The minimum Gasteiger partial charge on any atom is -0.438 e. The van der Waals surface area contributed by atoms with Crippen LogP contribution in [0.3, 0.4) is 0 Å². The number of nitro benzene ring substituents is 1. The van der Waals surface area contributed by atoms with Crippen molar-refractivity contribution in [3.8, 4) is 11.6 Å². The van der Waals surface area contributed by atoms with Crippen LogP contribution in [0.5, 0.6) is 11.6 Å². The number of nitrogens with zero attached hydrogens (tertiary/aromatic N) is 3. The maximum Gasteiger partial charge on any atom is 0.272 e. The van der Waals surface area contributed by atoms with Gasteiger partial charge in [-0.15, -0.1) is 0 Å². The Morgan fingerprint density at radius 3 is 2.57 bits per heavy atom. The number of ether oxygens (including phenoxy) is 1. The van der Waals surface area contributed by atoms with Crippen LogP contribution < -0.4 is 16.0 Å². The molecule has 8 heteroatoms. The maximum absolute atomic E-state index is 10.9. The van der Waals surface area contributed by atoms with Gasteiger partial charge in [-0.3, -0.25) is 15.5 Å². The van der Waals surface area contributed by atoms with E-state index in [9.17, 15) is 10.1 Å². The van der Waals surface area contributed by atoms with E-state index in [0.29, 0.717) is 22.8 Å². The maximum atomic E-state index is 10.9. The first-order valence-corrected chi connectivity index (χ1v) is 6.16. The zero-order chi connectivity index (χ0) is 15.6. The van der Waals surface area contributed by atoms with Crippen LogP contribution in [0.2, 0.25) is 0 Å². The van der Waals surface area contributed by atoms with Crippen LogP contribution >= 0.6 is 0 Å². The number of anilines is 1. The van der Waals surface area contributed by atoms with E-state index in [1.165, 1.54) is 6.07 Å². The molecule has 0 atom stereocenters. The molecule has 0 aliphatic carbocycles. The molecule has 0 aliphatic heterocycles. The van der Waals surface area contributed by atoms with Gasteiger partial charge in [0.1, 0.15) is 5.75 Å². The van der Waals surface area contributed by atoms with E-state index in [2.05, 4.69) is 15.4 Å². The standard InChI is InChI=1S/C13H15N5O3/c1-7-5-11(8(2)4-10(7)18(19)20)21-12-9(3)6-15-13(16-12)17-14/h4-6H,14H2,1-3H3,(H,15,16,17). The lowest BCUT2D eigenvalue weighted by Gasteiger charge is -2.11. The largest absolute Gasteiger partial charge is 0.438 e. The highest BCUT2D eigenvalue weighted by molar-refractivity contribution is 5.50. The molecule has 2 aromatic rings. The number of rotatable bonds is 4. The van der Waals surface area contributed by atoms with Crippen molar-refractivity contribution in [2.75, 3.05) is 5.43 Å². The summed E-state index contributed by atoms with van der Waals surface area (Å²) in [4.78, 5) is 18.6. The molecule has 21 heavy (non-hydrogen) atoms. The summed E-state index contributed by atoms with van der Waals surface area (Å²) in [7, 11) is 0. The van der Waals surface area contributed by atoms with Gasteiger partial charge in [0, 0.05) is 23.4 Å². The molecule has 0 saturated heterocycles. The summed E-state index contributed by atoms with van der Waals surface area (Å²) in [6.45, 7) is 5.19. The molecule has 8 nitrogen and oxygen atoms in total. The van der Waals surface area contributed by atoms with E-state index in [1.807, 2.05) is 0 Å². The summed E-state index contributed by atoms with van der Waals surface area (Å²) < 4.78 is 5.73. The lowest BCUT2D eigenvalue weighted by Crippen LogP contribution is -2.11. The number of aromatic nitrogens is 2. The van der Waals surface area contributed by atoms with E-state index in [4.69, 9.17) is 10.6 Å². The molecule has 0 spiro atoms. The molecule has 0 amide bonds. The number of nitrogens with two attached hydrogens (primary N) is 1. The van der Waals surface area contributed by atoms with Crippen LogP contribution in [-0.2, 0) is 0 Å². The number of hydrogen-bond donors (Lipinski definition) is 2. The minimum absolute atomic E-state index is 0.0589. The molecule has 2 rings (SSSR count). The number of hydrogen-bond acceptors (Lipinski definition) is 7. The summed E-state index contributed by atoms with van der Waals surface area (Å²) in [5, 5.41) is 10.9. The van der Waals surface area contributed by atoms with Crippen LogP contribution in [0, 0.1) is 30.9 Å². The summed E-state index contributed by atoms with van der Waals surface area (Å²) in [6, 6.07) is 3.09. The average molecular weight is 289 g/mol. The van der Waals surface area contributed by atoms with Crippen LogP contribution in [0.15, 0.2) is 18.3 Å². The highest BCUT2D eigenvalue weighted by Crippen LogP contribution is 2.31. The quantitative estimate of drug-likeness (QED) is 0.504. The van der Waals surface area contributed by atoms with Gasteiger partial charge in [0.15, 0.2) is 0 Å². The first-order valence-electron chi connectivity index (χ1n) is 6.16. The Morgan fingerprint density at radius 1 is 1.24 bits per heavy atom. The van der Waals surface area contributed by atoms with E-state index in [1.54, 1.807) is 33.0 Å². The van der Waals surface area contributed by atoms with Gasteiger partial charge in [0.2, 0.25) is 11.8 Å². The second-order valence-electron chi connectivity index (χ2n) is 4.59. The van der Waals surface area contributed by atoms with Crippen molar-refractivity contribution >= 4 is 11.6 Å². The van der Waals surface area contributed by atoms with Gasteiger partial charge < -0.3 is 4.74 Å². The predicted octanol–water partition coefficient (Wildman–Crippen LogP) is 2.39. The van der Waals surface area contributed by atoms with Crippen molar-refractivity contribution in [1.29, 1.82) is 0 Å². The number of nitrogen functional groups attached to an aromatic ring is 1. The highest BCUT2D eigenvalue weighted by atomic mass is 16.6. The van der Waals surface area contributed by atoms with Crippen molar-refractivity contribution < 1.29 is 9.66 Å². The van der Waals surface area contributed by atoms with Gasteiger partial charge in [0.25, 0.3) is 5.69 Å². The molecular weight excluding hydrogens is 274 g/mol. The van der Waals surface area contributed by atoms with Crippen LogP contribution in [-0.4, -0.2) is 14.9 Å². The molecule has 0 aliphatic rings. The topological polar surface area (TPSA) is 116 Å². The molecule has 0 radical (unpaired) electrons. The van der Waals surface area contributed by atoms with Gasteiger partial charge in [0.05, 0.1) is 4.92 Å². The van der Waals surface area contributed by atoms with Gasteiger partial charge in [-0.2, -0.15) is 4.98 Å². The summed E-state index contributed by atoms with van der Waals surface area (Å²) in [5.41, 5.74) is 4.29. The summed E-state index contributed by atoms with van der Waals surface area (Å²) >= 11 is 0. The molecule has 0 bridgehead atoms. The number of nitrogens with one attached hydrogen (secondary N) is 1. The Morgan fingerprint density at radius 2 is 1.95 bits per heavy atom. The molecule has 1 heterocycles. The fourth-order valence-electron chi connectivity index (χ4n) is 1.78. The zero-order valence-electron chi connectivity index (χ0n) is 11.9. The van der Waals surface area contributed by atoms with E-state index < -0.39 is 4.92 Å². The van der Waals surface area contributed by atoms with Crippen molar-refractivity contribution in [3.05, 3.63) is 45.1 Å². The monoisotopic (exact) mass is 289 g/mol. The number of nitro groups is 1. The Balaban J connectivity index is 2.40. The molecule has 1 aromatic carbocycles. The second kappa shape index (κ2) is 5.71. The van der Waals surface area contributed by atoms with Gasteiger partial charge >= 0.3 is 0 Å². The number of hydrazine groups is 1. The Labute approximate surface area is 121 Å². The third-order valence-electron chi connectivity index (χ3n) is 2.95. The molecule has 0 unspecified atom stereocenters. The van der Waals surface area contributed by atoms with Gasteiger partial charge in [-0.05, 0) is 32.4 Å². The van der Waals surface area contributed by atoms with Crippen molar-refractivity contribution in [2.45, 2.75) is 20.8 Å². The Kier molecular flexibility index (Phi) is 3.99. The van der Waals surface area contributed by atoms with Gasteiger partial charge in [-0.25, -0.2) is 10.8 Å². The molecule has 110 valence electrons. The van der Waals surface area contributed by atoms with Crippen LogP contribution in [0.4, 0.5) is 11.6 Å². The van der Waals surface area contributed by atoms with Crippen molar-refractivity contribution in [3.63, 3.8) is 0 Å². The minimum atomic E-state index is -0.418. The molecule has 1 aromatic heterocycles. The molecular formula is C13H15N5O3. The molecule has 3 N–H and O–H groups in total. The predicted molar refractivity (Wildman–Crippen MR) is 77.2 cm³/mol. The van der Waals surface area contributed by atoms with Gasteiger partial charge in [-0.1, -0.05) is 0 Å². The smallest absolute Gasteiger partial charge is 0.272 e. The fraction of sp³-hybridized carbons (Fsp3) is 0.231. The molecule has 0 saturated carbocycles.